The van der Waals surface area contributed by atoms with E-state index in [1.54, 1.807) is 48.8 Å². The number of benzene rings is 2. The van der Waals surface area contributed by atoms with Gasteiger partial charge in [0, 0.05) is 25.5 Å². The van der Waals surface area contributed by atoms with Gasteiger partial charge in [-0.25, -0.2) is 0 Å². The maximum absolute atomic E-state index is 11.2. The van der Waals surface area contributed by atoms with Crippen LogP contribution >= 0.6 is 0 Å². The first-order chi connectivity index (χ1) is 13.4. The van der Waals surface area contributed by atoms with Crippen LogP contribution in [0, 0.1) is 0 Å². The molecule has 7 heteroatoms. The second-order valence-corrected chi connectivity index (χ2v) is 6.75. The molecule has 0 amide bonds. The summed E-state index contributed by atoms with van der Waals surface area (Å²) < 4.78 is 0. The number of rotatable bonds is 8. The van der Waals surface area contributed by atoms with Gasteiger partial charge < -0.3 is 20.0 Å². The van der Waals surface area contributed by atoms with Crippen molar-refractivity contribution < 1.29 is 29.7 Å². The molecule has 0 N–H and O–H groups in total. The van der Waals surface area contributed by atoms with E-state index in [-0.39, 0.29) is 31.0 Å². The van der Waals surface area contributed by atoms with Crippen molar-refractivity contribution in [3.8, 4) is 11.5 Å². The van der Waals surface area contributed by atoms with Crippen molar-refractivity contribution in [2.24, 2.45) is 9.98 Å². The van der Waals surface area contributed by atoms with E-state index in [4.69, 9.17) is 0 Å². The fraction of sp³-hybridized carbons (Fsp3) is 0.364. The second-order valence-electron chi connectivity index (χ2n) is 6.75. The summed E-state index contributed by atoms with van der Waals surface area (Å²) in [6, 6.07) is 13.8. The van der Waals surface area contributed by atoms with Crippen LogP contribution in [0.5, 0.6) is 11.5 Å². The van der Waals surface area contributed by atoms with Crippen molar-refractivity contribution in [1.29, 1.82) is 0 Å². The van der Waals surface area contributed by atoms with Crippen LogP contribution in [0.1, 0.15) is 11.1 Å². The maximum Gasteiger partial charge on any atom is 2.00 e. The van der Waals surface area contributed by atoms with Crippen molar-refractivity contribution in [1.82, 2.24) is 9.80 Å². The third kappa shape index (κ3) is 12.9. The molecule has 0 radical (unpaired) electrons. The van der Waals surface area contributed by atoms with Gasteiger partial charge in [-0.1, -0.05) is 48.5 Å². The molecule has 0 fully saturated rings. The van der Waals surface area contributed by atoms with E-state index in [2.05, 4.69) is 19.8 Å². The third-order valence-electron chi connectivity index (χ3n) is 3.65. The molecule has 0 saturated heterocycles. The standard InChI is InChI=1S/2C11H16N2O.Zn/c2*1-13(2)8-7-12-9-10-5-3-4-6-11(10)14;/h2*3-6,9,14H,7-8H2,1-2H3;/q;;+2/p-2. The largest absolute Gasteiger partial charge is 2.00 e. The summed E-state index contributed by atoms with van der Waals surface area (Å²) in [5.74, 6) is 0.0576. The van der Waals surface area contributed by atoms with Crippen LogP contribution in [-0.4, -0.2) is 76.6 Å². The maximum atomic E-state index is 11.2. The summed E-state index contributed by atoms with van der Waals surface area (Å²) in [7, 11) is 7.99. The summed E-state index contributed by atoms with van der Waals surface area (Å²) in [4.78, 5) is 12.5. The molecular formula is C22H30N4O2Zn. The van der Waals surface area contributed by atoms with Crippen LogP contribution in [0.2, 0.25) is 0 Å². The molecule has 29 heavy (non-hydrogen) atoms. The van der Waals surface area contributed by atoms with E-state index in [9.17, 15) is 10.2 Å². The van der Waals surface area contributed by atoms with E-state index >= 15 is 0 Å². The van der Waals surface area contributed by atoms with Crippen LogP contribution < -0.4 is 10.2 Å². The van der Waals surface area contributed by atoms with Gasteiger partial charge in [0.2, 0.25) is 0 Å². The molecule has 0 saturated carbocycles. The van der Waals surface area contributed by atoms with Crippen molar-refractivity contribution >= 4 is 12.4 Å². The predicted octanol–water partition coefficient (Wildman–Crippen LogP) is 1.48. The van der Waals surface area contributed by atoms with Gasteiger partial charge in [-0.3, -0.25) is 9.98 Å². The van der Waals surface area contributed by atoms with Crippen molar-refractivity contribution in [2.45, 2.75) is 0 Å². The molecule has 2 aromatic carbocycles. The van der Waals surface area contributed by atoms with E-state index < -0.39 is 0 Å². The average Bonchev–Trinajstić information content (AvgIpc) is 2.65. The Kier molecular flexibility index (Phi) is 14.7. The first-order valence-corrected chi connectivity index (χ1v) is 9.21. The number of hydrogen-bond donors (Lipinski definition) is 0. The number of para-hydroxylation sites is 2. The Labute approximate surface area is 187 Å². The topological polar surface area (TPSA) is 77.3 Å². The van der Waals surface area contributed by atoms with Crippen molar-refractivity contribution in [3.05, 3.63) is 59.7 Å². The van der Waals surface area contributed by atoms with Crippen molar-refractivity contribution in [3.63, 3.8) is 0 Å². The third-order valence-corrected chi connectivity index (χ3v) is 3.65. The number of likely N-dealkylation sites (N-methyl/N-ethyl adjacent to an activating group) is 2. The molecule has 0 unspecified atom stereocenters. The van der Waals surface area contributed by atoms with E-state index in [1.165, 1.54) is 0 Å². The first-order valence-electron chi connectivity index (χ1n) is 9.21. The number of hydrogen-bond acceptors (Lipinski definition) is 6. The Hall–Kier alpha value is -2.08. The van der Waals surface area contributed by atoms with Gasteiger partial charge in [-0.2, -0.15) is 0 Å². The summed E-state index contributed by atoms with van der Waals surface area (Å²) in [6.07, 6.45) is 3.29. The summed E-state index contributed by atoms with van der Waals surface area (Å²) in [5, 5.41) is 22.5. The minimum absolute atomic E-state index is 0. The van der Waals surface area contributed by atoms with Gasteiger partial charge in [-0.15, -0.1) is 11.5 Å². The van der Waals surface area contributed by atoms with Crippen LogP contribution in [0.3, 0.4) is 0 Å². The van der Waals surface area contributed by atoms with Crippen LogP contribution in [0.25, 0.3) is 0 Å². The van der Waals surface area contributed by atoms with Gasteiger partial charge in [-0.05, 0) is 39.3 Å². The molecular weight excluding hydrogens is 418 g/mol. The van der Waals surface area contributed by atoms with E-state index in [0.29, 0.717) is 11.1 Å². The molecule has 0 spiro atoms. The quantitative estimate of drug-likeness (QED) is 0.453. The van der Waals surface area contributed by atoms with Gasteiger partial charge in [0.15, 0.2) is 0 Å². The van der Waals surface area contributed by atoms with E-state index in [0.717, 1.165) is 26.2 Å². The zero-order chi connectivity index (χ0) is 20.8. The predicted molar refractivity (Wildman–Crippen MR) is 114 cm³/mol. The number of nitrogens with zero attached hydrogens (tertiary/aromatic N) is 4. The van der Waals surface area contributed by atoms with E-state index in [1.807, 2.05) is 40.3 Å². The summed E-state index contributed by atoms with van der Waals surface area (Å²) in [5.41, 5.74) is 1.32. The zero-order valence-corrected chi connectivity index (χ0v) is 20.9. The second kappa shape index (κ2) is 15.8. The Bertz CT molecular complexity index is 686. The van der Waals surface area contributed by atoms with Crippen molar-refractivity contribution in [2.75, 3.05) is 54.4 Å². The Morgan fingerprint density at radius 2 is 1.03 bits per heavy atom. The molecule has 0 heterocycles. The molecule has 6 nitrogen and oxygen atoms in total. The minimum Gasteiger partial charge on any atom is -0.872 e. The average molecular weight is 448 g/mol. The molecule has 0 aliphatic heterocycles. The molecule has 0 aliphatic rings. The molecule has 2 aromatic rings. The van der Waals surface area contributed by atoms with Crippen LogP contribution in [-0.2, 0) is 19.5 Å². The summed E-state index contributed by atoms with van der Waals surface area (Å²) >= 11 is 0. The van der Waals surface area contributed by atoms with Gasteiger partial charge >= 0.3 is 19.5 Å². The Morgan fingerprint density at radius 1 is 0.690 bits per heavy atom. The van der Waals surface area contributed by atoms with Gasteiger partial charge in [0.05, 0.1) is 13.1 Å². The smallest absolute Gasteiger partial charge is 0.872 e. The monoisotopic (exact) mass is 446 g/mol. The zero-order valence-electron chi connectivity index (χ0n) is 17.9. The fourth-order valence-corrected chi connectivity index (χ4v) is 2.02. The Balaban J connectivity index is 0.000000523. The molecule has 0 atom stereocenters. The molecule has 0 aliphatic carbocycles. The molecule has 2 rings (SSSR count). The van der Waals surface area contributed by atoms with Gasteiger partial charge in [0.25, 0.3) is 0 Å². The Morgan fingerprint density at radius 3 is 1.34 bits per heavy atom. The molecule has 152 valence electrons. The first kappa shape index (κ1) is 26.9. The van der Waals surface area contributed by atoms with Gasteiger partial charge in [0.1, 0.15) is 0 Å². The van der Waals surface area contributed by atoms with Crippen LogP contribution in [0.15, 0.2) is 58.5 Å². The fourth-order valence-electron chi connectivity index (χ4n) is 2.02. The van der Waals surface area contributed by atoms with Crippen LogP contribution in [0.4, 0.5) is 0 Å². The molecule has 0 bridgehead atoms. The normalized spacial score (nSPS) is 11.0. The number of aliphatic imine (C=N–C) groups is 2. The summed E-state index contributed by atoms with van der Waals surface area (Å²) in [6.45, 7) is 3.25. The minimum atomic E-state index is 0. The SMILES string of the molecule is CN(C)CCN=Cc1ccccc1[O-].CN(C)CCN=Cc1ccccc1[O-].[Zn+2]. The molecule has 0 aromatic heterocycles.